The van der Waals surface area contributed by atoms with E-state index in [1.54, 1.807) is 6.07 Å². The van der Waals surface area contributed by atoms with E-state index in [0.29, 0.717) is 5.56 Å². The first-order valence-electron chi connectivity index (χ1n) is 5.46. The van der Waals surface area contributed by atoms with Gasteiger partial charge >= 0.3 is 6.18 Å². The molecule has 0 bridgehead atoms. The van der Waals surface area contributed by atoms with E-state index >= 15 is 0 Å². The Morgan fingerprint density at radius 1 is 1.44 bits per heavy atom. The van der Waals surface area contributed by atoms with Crippen LogP contribution in [0, 0.1) is 5.92 Å². The lowest BCUT2D eigenvalue weighted by Crippen LogP contribution is -2.34. The molecule has 0 spiro atoms. The molecule has 0 aliphatic heterocycles. The van der Waals surface area contributed by atoms with Crippen molar-refractivity contribution in [3.05, 3.63) is 35.4 Å². The molecule has 0 aliphatic rings. The normalized spacial score (nSPS) is 13.2. The zero-order valence-corrected chi connectivity index (χ0v) is 9.92. The number of hydrogen-bond donors (Lipinski definition) is 2. The third-order valence-corrected chi connectivity index (χ3v) is 2.64. The first kappa shape index (κ1) is 14.5. The van der Waals surface area contributed by atoms with E-state index in [1.807, 2.05) is 0 Å². The maximum absolute atomic E-state index is 12.5. The van der Waals surface area contributed by atoms with Gasteiger partial charge in [0.25, 0.3) is 0 Å². The molecule has 6 heteroatoms. The number of carbonyl (C=O) groups excluding carboxylic acids is 1. The van der Waals surface area contributed by atoms with Crippen molar-refractivity contribution in [3.8, 4) is 0 Å². The molecule has 0 saturated carbocycles. The first-order chi connectivity index (χ1) is 8.38. The van der Waals surface area contributed by atoms with Crippen LogP contribution in [0.15, 0.2) is 24.3 Å². The Balaban J connectivity index is 2.88. The minimum Gasteiger partial charge on any atom is -0.359 e. The van der Waals surface area contributed by atoms with E-state index in [4.69, 9.17) is 5.73 Å². The van der Waals surface area contributed by atoms with Crippen LogP contribution in [-0.4, -0.2) is 19.5 Å². The summed E-state index contributed by atoms with van der Waals surface area (Å²) >= 11 is 0. The largest absolute Gasteiger partial charge is 0.416 e. The lowest BCUT2D eigenvalue weighted by Gasteiger charge is -2.14. The van der Waals surface area contributed by atoms with Crippen molar-refractivity contribution >= 4 is 5.91 Å². The number of nitrogens with two attached hydrogens (primary N) is 1. The zero-order valence-electron chi connectivity index (χ0n) is 9.92. The third-order valence-electron chi connectivity index (χ3n) is 2.64. The lowest BCUT2D eigenvalue weighted by molar-refractivity contribution is -0.137. The maximum atomic E-state index is 12.5. The van der Waals surface area contributed by atoms with Crippen LogP contribution < -0.4 is 11.1 Å². The number of hydrogen-bond acceptors (Lipinski definition) is 2. The second kappa shape index (κ2) is 5.86. The van der Waals surface area contributed by atoms with Crippen molar-refractivity contribution in [2.45, 2.75) is 12.6 Å². The van der Waals surface area contributed by atoms with Gasteiger partial charge in [-0.1, -0.05) is 18.2 Å². The van der Waals surface area contributed by atoms with Gasteiger partial charge in [0.15, 0.2) is 0 Å². The van der Waals surface area contributed by atoms with Gasteiger partial charge in [-0.25, -0.2) is 0 Å². The Labute approximate surface area is 103 Å². The van der Waals surface area contributed by atoms with Crippen LogP contribution in [-0.2, 0) is 17.4 Å². The number of halogens is 3. The van der Waals surface area contributed by atoms with E-state index in [0.717, 1.165) is 12.1 Å². The maximum Gasteiger partial charge on any atom is 0.416 e. The highest BCUT2D eigenvalue weighted by molar-refractivity contribution is 5.78. The molecule has 1 amide bonds. The summed E-state index contributed by atoms with van der Waals surface area (Å²) in [6.07, 6.45) is -4.18. The summed E-state index contributed by atoms with van der Waals surface area (Å²) in [5, 5.41) is 2.44. The molecule has 1 atom stereocenters. The molecule has 3 nitrogen and oxygen atoms in total. The molecule has 1 aromatic carbocycles. The molecule has 1 aromatic rings. The van der Waals surface area contributed by atoms with Crippen molar-refractivity contribution in [1.82, 2.24) is 5.32 Å². The summed E-state index contributed by atoms with van der Waals surface area (Å²) in [4.78, 5) is 11.4. The van der Waals surface area contributed by atoms with Gasteiger partial charge in [-0.15, -0.1) is 0 Å². The number of alkyl halides is 3. The van der Waals surface area contributed by atoms with Crippen LogP contribution in [0.2, 0.25) is 0 Å². The zero-order chi connectivity index (χ0) is 13.8. The van der Waals surface area contributed by atoms with Crippen molar-refractivity contribution < 1.29 is 18.0 Å². The van der Waals surface area contributed by atoms with Crippen LogP contribution >= 0.6 is 0 Å². The Hall–Kier alpha value is -1.56. The Bertz CT molecular complexity index is 418. The molecule has 1 rings (SSSR count). The predicted octanol–water partition coefficient (Wildman–Crippen LogP) is 1.57. The topological polar surface area (TPSA) is 55.1 Å². The van der Waals surface area contributed by atoms with Gasteiger partial charge < -0.3 is 11.1 Å². The summed E-state index contributed by atoms with van der Waals surface area (Å²) < 4.78 is 37.5. The minimum atomic E-state index is -4.37. The summed E-state index contributed by atoms with van der Waals surface area (Å²) in [6, 6.07) is 4.93. The Morgan fingerprint density at radius 2 is 2.11 bits per heavy atom. The second-order valence-corrected chi connectivity index (χ2v) is 3.95. The third kappa shape index (κ3) is 3.73. The van der Waals surface area contributed by atoms with E-state index in [2.05, 4.69) is 5.32 Å². The molecule has 18 heavy (non-hydrogen) atoms. The molecule has 0 saturated heterocycles. The fourth-order valence-electron chi connectivity index (χ4n) is 1.65. The van der Waals surface area contributed by atoms with Crippen molar-refractivity contribution in [3.63, 3.8) is 0 Å². The summed E-state index contributed by atoms with van der Waals surface area (Å²) in [5.41, 5.74) is 5.17. The standard InChI is InChI=1S/C12H15F3N2O/c1-17-11(18)9(7-16)5-8-3-2-4-10(6-8)12(13,14)15/h2-4,6,9H,5,7,16H2,1H3,(H,17,18). The highest BCUT2D eigenvalue weighted by atomic mass is 19.4. The fraction of sp³-hybridized carbons (Fsp3) is 0.417. The van der Waals surface area contributed by atoms with Crippen LogP contribution in [0.4, 0.5) is 13.2 Å². The van der Waals surface area contributed by atoms with E-state index in [9.17, 15) is 18.0 Å². The van der Waals surface area contributed by atoms with Crippen molar-refractivity contribution in [2.24, 2.45) is 11.7 Å². The molecule has 0 aliphatic carbocycles. The molecule has 100 valence electrons. The molecule has 0 radical (unpaired) electrons. The summed E-state index contributed by atoms with van der Waals surface area (Å²) in [6.45, 7) is 0.0932. The SMILES string of the molecule is CNC(=O)C(CN)Cc1cccc(C(F)(F)F)c1. The quantitative estimate of drug-likeness (QED) is 0.863. The number of rotatable bonds is 4. The van der Waals surface area contributed by atoms with Gasteiger partial charge in [-0.2, -0.15) is 13.2 Å². The first-order valence-corrected chi connectivity index (χ1v) is 5.46. The van der Waals surface area contributed by atoms with Gasteiger partial charge in [0.1, 0.15) is 0 Å². The van der Waals surface area contributed by atoms with Crippen LogP contribution in [0.5, 0.6) is 0 Å². The van der Waals surface area contributed by atoms with Gasteiger partial charge in [0, 0.05) is 13.6 Å². The number of nitrogens with one attached hydrogen (secondary N) is 1. The minimum absolute atomic E-state index is 0.0932. The lowest BCUT2D eigenvalue weighted by atomic mass is 9.97. The monoisotopic (exact) mass is 260 g/mol. The summed E-state index contributed by atoms with van der Waals surface area (Å²) in [7, 11) is 1.47. The van der Waals surface area contributed by atoms with Crippen LogP contribution in [0.25, 0.3) is 0 Å². The van der Waals surface area contributed by atoms with Gasteiger partial charge in [0.2, 0.25) is 5.91 Å². The molecule has 0 heterocycles. The number of benzene rings is 1. The predicted molar refractivity (Wildman–Crippen MR) is 61.8 cm³/mol. The molecular formula is C12H15F3N2O. The van der Waals surface area contributed by atoms with E-state index < -0.39 is 17.7 Å². The molecule has 0 aromatic heterocycles. The van der Waals surface area contributed by atoms with Gasteiger partial charge in [0.05, 0.1) is 11.5 Å². The van der Waals surface area contributed by atoms with E-state index in [1.165, 1.54) is 13.1 Å². The summed E-state index contributed by atoms with van der Waals surface area (Å²) in [5.74, 6) is -0.784. The Morgan fingerprint density at radius 3 is 2.61 bits per heavy atom. The highest BCUT2D eigenvalue weighted by Crippen LogP contribution is 2.29. The number of carbonyl (C=O) groups is 1. The van der Waals surface area contributed by atoms with Crippen LogP contribution in [0.3, 0.4) is 0 Å². The van der Waals surface area contributed by atoms with Gasteiger partial charge in [-0.3, -0.25) is 4.79 Å². The number of amides is 1. The smallest absolute Gasteiger partial charge is 0.359 e. The fourth-order valence-corrected chi connectivity index (χ4v) is 1.65. The van der Waals surface area contributed by atoms with Crippen molar-refractivity contribution in [1.29, 1.82) is 0 Å². The van der Waals surface area contributed by atoms with E-state index in [-0.39, 0.29) is 18.9 Å². The second-order valence-electron chi connectivity index (χ2n) is 3.95. The van der Waals surface area contributed by atoms with Gasteiger partial charge in [-0.05, 0) is 18.1 Å². The average Bonchev–Trinajstić information content (AvgIpc) is 2.34. The Kier molecular flexibility index (Phi) is 4.72. The highest BCUT2D eigenvalue weighted by Gasteiger charge is 2.30. The molecule has 3 N–H and O–H groups in total. The molecule has 1 unspecified atom stereocenters. The van der Waals surface area contributed by atoms with Crippen molar-refractivity contribution in [2.75, 3.05) is 13.6 Å². The van der Waals surface area contributed by atoms with Crippen LogP contribution in [0.1, 0.15) is 11.1 Å². The molecular weight excluding hydrogens is 245 g/mol. The average molecular weight is 260 g/mol. The molecule has 0 fully saturated rings.